The maximum atomic E-state index is 12.0. The molecule has 0 spiro atoms. The third-order valence-electron chi connectivity index (χ3n) is 3.01. The molecule has 0 fully saturated rings. The van der Waals surface area contributed by atoms with Gasteiger partial charge in [0.05, 0.1) is 18.0 Å². The van der Waals surface area contributed by atoms with Crippen molar-refractivity contribution < 1.29 is 18.3 Å². The van der Waals surface area contributed by atoms with E-state index >= 15 is 0 Å². The molecule has 0 bridgehead atoms. The van der Waals surface area contributed by atoms with Crippen molar-refractivity contribution in [1.82, 2.24) is 5.32 Å². The lowest BCUT2D eigenvalue weighted by molar-refractivity contribution is -0.123. The third-order valence-corrected chi connectivity index (χ3v) is 6.05. The van der Waals surface area contributed by atoms with Crippen LogP contribution < -0.4 is 5.32 Å². The zero-order chi connectivity index (χ0) is 16.1. The molecule has 0 aliphatic rings. The zero-order valence-corrected chi connectivity index (χ0v) is 13.9. The number of hydrogen-bond donors (Lipinski definition) is 2. The summed E-state index contributed by atoms with van der Waals surface area (Å²) >= 11 is 1.42. The van der Waals surface area contributed by atoms with Gasteiger partial charge in [-0.25, -0.2) is 8.42 Å². The molecule has 0 atom stereocenters. The number of sulfone groups is 1. The fraction of sp³-hybridized carbons (Fsp3) is 0.500. The minimum atomic E-state index is -3.47. The second-order valence-electron chi connectivity index (χ2n) is 5.01. The Morgan fingerprint density at radius 1 is 1.43 bits per heavy atom. The highest BCUT2D eigenvalue weighted by Crippen LogP contribution is 2.18. The van der Waals surface area contributed by atoms with Crippen LogP contribution in [0.2, 0.25) is 0 Å². The highest BCUT2D eigenvalue weighted by molar-refractivity contribution is 7.92. The maximum Gasteiger partial charge on any atom is 0.241 e. The molecule has 21 heavy (non-hydrogen) atoms. The second-order valence-corrected chi connectivity index (χ2v) is 8.74. The second kappa shape index (κ2) is 7.07. The summed E-state index contributed by atoms with van der Waals surface area (Å²) in [5.41, 5.74) is 0. The van der Waals surface area contributed by atoms with Crippen LogP contribution in [0.15, 0.2) is 12.1 Å². The molecule has 1 aromatic rings. The van der Waals surface area contributed by atoms with Gasteiger partial charge in [0, 0.05) is 17.6 Å². The molecule has 0 saturated carbocycles. The standard InChI is InChI=1S/C14H19NO4S2/c1-14(2,21(3,18)19)13(17)15-10-12-8-7-11(20-12)6-4-5-9-16/h7-8,16H,5,9-10H2,1-3H3,(H,15,17). The number of aliphatic hydroxyl groups is 1. The molecule has 1 amide bonds. The summed E-state index contributed by atoms with van der Waals surface area (Å²) in [4.78, 5) is 13.7. The monoisotopic (exact) mass is 329 g/mol. The molecule has 0 unspecified atom stereocenters. The largest absolute Gasteiger partial charge is 0.395 e. The highest BCUT2D eigenvalue weighted by Gasteiger charge is 2.38. The molecular weight excluding hydrogens is 310 g/mol. The van der Waals surface area contributed by atoms with Crippen molar-refractivity contribution in [3.63, 3.8) is 0 Å². The number of amides is 1. The molecule has 0 saturated heterocycles. The van der Waals surface area contributed by atoms with E-state index in [-0.39, 0.29) is 13.2 Å². The number of carbonyl (C=O) groups is 1. The van der Waals surface area contributed by atoms with Crippen molar-refractivity contribution in [2.45, 2.75) is 31.6 Å². The lowest BCUT2D eigenvalue weighted by atomic mass is 10.2. The lowest BCUT2D eigenvalue weighted by Gasteiger charge is -2.21. The van der Waals surface area contributed by atoms with Crippen molar-refractivity contribution in [1.29, 1.82) is 0 Å². The van der Waals surface area contributed by atoms with E-state index in [4.69, 9.17) is 5.11 Å². The van der Waals surface area contributed by atoms with E-state index in [1.807, 2.05) is 12.1 Å². The zero-order valence-electron chi connectivity index (χ0n) is 12.3. The van der Waals surface area contributed by atoms with Crippen molar-refractivity contribution in [2.75, 3.05) is 12.9 Å². The van der Waals surface area contributed by atoms with Gasteiger partial charge >= 0.3 is 0 Å². The average molecular weight is 329 g/mol. The van der Waals surface area contributed by atoms with Crippen LogP contribution >= 0.6 is 11.3 Å². The van der Waals surface area contributed by atoms with Gasteiger partial charge in [-0.05, 0) is 26.0 Å². The topological polar surface area (TPSA) is 83.5 Å². The molecule has 1 rings (SSSR count). The Morgan fingerprint density at radius 3 is 2.67 bits per heavy atom. The number of carbonyl (C=O) groups excluding carboxylic acids is 1. The molecule has 1 heterocycles. The number of nitrogens with one attached hydrogen (secondary N) is 1. The summed E-state index contributed by atoms with van der Waals surface area (Å²) in [6.45, 7) is 3.07. The lowest BCUT2D eigenvalue weighted by Crippen LogP contribution is -2.47. The summed E-state index contributed by atoms with van der Waals surface area (Å²) in [6, 6.07) is 3.67. The first-order valence-corrected chi connectivity index (χ1v) is 9.05. The molecule has 116 valence electrons. The molecule has 7 heteroatoms. The fourth-order valence-corrected chi connectivity index (χ4v) is 2.53. The summed E-state index contributed by atoms with van der Waals surface area (Å²) < 4.78 is 21.7. The van der Waals surface area contributed by atoms with Gasteiger partial charge in [-0.15, -0.1) is 11.3 Å². The van der Waals surface area contributed by atoms with Gasteiger partial charge < -0.3 is 10.4 Å². The molecule has 0 aliphatic carbocycles. The molecule has 2 N–H and O–H groups in total. The highest BCUT2D eigenvalue weighted by atomic mass is 32.2. The minimum absolute atomic E-state index is 0.0296. The van der Waals surface area contributed by atoms with Crippen LogP contribution in [0.3, 0.4) is 0 Å². The first kappa shape index (κ1) is 17.7. The van der Waals surface area contributed by atoms with Gasteiger partial charge in [-0.2, -0.15) is 0 Å². The molecule has 0 aliphatic heterocycles. The van der Waals surface area contributed by atoms with Crippen LogP contribution in [0.25, 0.3) is 0 Å². The Labute approximate surface area is 129 Å². The van der Waals surface area contributed by atoms with Gasteiger partial charge in [-0.3, -0.25) is 4.79 Å². The predicted molar refractivity (Wildman–Crippen MR) is 83.7 cm³/mol. The number of aliphatic hydroxyl groups excluding tert-OH is 1. The number of rotatable bonds is 5. The summed E-state index contributed by atoms with van der Waals surface area (Å²) in [6.07, 6.45) is 1.47. The average Bonchev–Trinajstić information content (AvgIpc) is 2.83. The van der Waals surface area contributed by atoms with E-state index in [2.05, 4.69) is 17.2 Å². The van der Waals surface area contributed by atoms with Gasteiger partial charge in [0.25, 0.3) is 0 Å². The molecule has 0 aromatic carbocycles. The molecule has 0 radical (unpaired) electrons. The summed E-state index contributed by atoms with van der Waals surface area (Å²) in [5, 5.41) is 11.3. The SMILES string of the molecule is CC(C)(C(=O)NCc1ccc(C#CCCO)s1)S(C)(=O)=O. The minimum Gasteiger partial charge on any atom is -0.395 e. The number of thiophene rings is 1. The van der Waals surface area contributed by atoms with Crippen LogP contribution in [0, 0.1) is 11.8 Å². The van der Waals surface area contributed by atoms with E-state index in [0.29, 0.717) is 6.42 Å². The van der Waals surface area contributed by atoms with E-state index in [1.165, 1.54) is 25.2 Å². The van der Waals surface area contributed by atoms with Crippen LogP contribution in [0.4, 0.5) is 0 Å². The van der Waals surface area contributed by atoms with Crippen molar-refractivity contribution in [2.24, 2.45) is 0 Å². The van der Waals surface area contributed by atoms with Crippen molar-refractivity contribution in [3.05, 3.63) is 21.9 Å². The van der Waals surface area contributed by atoms with Crippen LogP contribution in [-0.4, -0.2) is 37.0 Å². The smallest absolute Gasteiger partial charge is 0.241 e. The predicted octanol–water partition coefficient (Wildman–Crippen LogP) is 0.921. The quantitative estimate of drug-likeness (QED) is 0.787. The van der Waals surface area contributed by atoms with E-state index < -0.39 is 20.5 Å². The Bertz CT molecular complexity index is 663. The summed E-state index contributed by atoms with van der Waals surface area (Å²) in [5.74, 6) is 5.20. The fourth-order valence-electron chi connectivity index (χ4n) is 1.29. The van der Waals surface area contributed by atoms with E-state index in [1.54, 1.807) is 0 Å². The van der Waals surface area contributed by atoms with E-state index in [9.17, 15) is 13.2 Å². The maximum absolute atomic E-state index is 12.0. The van der Waals surface area contributed by atoms with Gasteiger partial charge in [-0.1, -0.05) is 11.8 Å². The van der Waals surface area contributed by atoms with Crippen LogP contribution in [0.5, 0.6) is 0 Å². The van der Waals surface area contributed by atoms with Gasteiger partial charge in [0.1, 0.15) is 4.75 Å². The van der Waals surface area contributed by atoms with Crippen molar-refractivity contribution >= 4 is 27.1 Å². The molecule has 1 aromatic heterocycles. The van der Waals surface area contributed by atoms with Gasteiger partial charge in [0.2, 0.25) is 5.91 Å². The first-order valence-electron chi connectivity index (χ1n) is 6.35. The third kappa shape index (κ3) is 4.84. The Balaban J connectivity index is 2.65. The van der Waals surface area contributed by atoms with Gasteiger partial charge in [0.15, 0.2) is 9.84 Å². The normalized spacial score (nSPS) is 11.6. The van der Waals surface area contributed by atoms with E-state index in [0.717, 1.165) is 16.0 Å². The van der Waals surface area contributed by atoms with Crippen molar-refractivity contribution in [3.8, 4) is 11.8 Å². The molecule has 5 nitrogen and oxygen atoms in total. The summed E-state index contributed by atoms with van der Waals surface area (Å²) in [7, 11) is -3.47. The number of hydrogen-bond acceptors (Lipinski definition) is 5. The Morgan fingerprint density at radius 2 is 2.10 bits per heavy atom. The Hall–Kier alpha value is -1.36. The molecular formula is C14H19NO4S2. The first-order chi connectivity index (χ1) is 9.68. The van der Waals surface area contributed by atoms with Crippen LogP contribution in [-0.2, 0) is 21.2 Å². The van der Waals surface area contributed by atoms with Crippen LogP contribution in [0.1, 0.15) is 30.0 Å². The Kier molecular flexibility index (Phi) is 5.96.